The molecule has 0 aliphatic heterocycles. The van der Waals surface area contributed by atoms with Gasteiger partial charge in [0.25, 0.3) is 0 Å². The SMILES string of the molecule is CCCCCCCCCCCCCCCCCCCCCCC(=O)O[C@H](COC(=O)CCCCCCCCCCCCCCCCC(C)CC)COP(=O)(O)OC[C@@H](O)COP(=O)(O)OC[C@@H](COC(=O)CCCCCCCCC)OC(=O)CCCCCCCCC(C)C. The zero-order valence-corrected chi connectivity index (χ0v) is 63.1. The van der Waals surface area contributed by atoms with Crippen molar-refractivity contribution in [3.8, 4) is 0 Å². The molecule has 0 radical (unpaired) electrons. The Bertz CT molecular complexity index is 1820. The molecule has 0 bridgehead atoms. The van der Waals surface area contributed by atoms with E-state index in [2.05, 4.69) is 41.5 Å². The minimum absolute atomic E-state index is 0.102. The van der Waals surface area contributed by atoms with Crippen LogP contribution in [0.2, 0.25) is 0 Å². The van der Waals surface area contributed by atoms with Crippen LogP contribution in [-0.2, 0) is 65.4 Å². The van der Waals surface area contributed by atoms with Crippen molar-refractivity contribution < 1.29 is 80.2 Å². The molecule has 3 unspecified atom stereocenters. The molecule has 0 fully saturated rings. The van der Waals surface area contributed by atoms with Gasteiger partial charge in [-0.1, -0.05) is 337 Å². The maximum Gasteiger partial charge on any atom is 0.472 e. The van der Waals surface area contributed by atoms with Crippen molar-refractivity contribution in [1.82, 2.24) is 0 Å². The molecule has 0 amide bonds. The van der Waals surface area contributed by atoms with Gasteiger partial charge in [0.2, 0.25) is 0 Å². The van der Waals surface area contributed by atoms with E-state index in [0.29, 0.717) is 31.6 Å². The number of ether oxygens (including phenoxy) is 4. The molecule has 19 heteroatoms. The first-order valence-electron chi connectivity index (χ1n) is 39.0. The molecule has 0 aromatic carbocycles. The molecule has 558 valence electrons. The summed E-state index contributed by atoms with van der Waals surface area (Å²) < 4.78 is 68.3. The van der Waals surface area contributed by atoms with Crippen molar-refractivity contribution in [3.63, 3.8) is 0 Å². The summed E-state index contributed by atoms with van der Waals surface area (Å²) in [6.07, 6.45) is 54.6. The number of unbranched alkanes of at least 4 members (excludes halogenated alkanes) is 43. The fourth-order valence-electron chi connectivity index (χ4n) is 11.4. The Morgan fingerprint density at radius 3 is 0.809 bits per heavy atom. The minimum Gasteiger partial charge on any atom is -0.462 e. The summed E-state index contributed by atoms with van der Waals surface area (Å²) in [4.78, 5) is 72.5. The highest BCUT2D eigenvalue weighted by Gasteiger charge is 2.30. The lowest BCUT2D eigenvalue weighted by atomic mass is 9.99. The van der Waals surface area contributed by atoms with Gasteiger partial charge in [0.1, 0.15) is 19.3 Å². The van der Waals surface area contributed by atoms with E-state index in [0.717, 1.165) is 109 Å². The van der Waals surface area contributed by atoms with Crippen molar-refractivity contribution >= 4 is 39.5 Å². The van der Waals surface area contributed by atoms with E-state index in [1.165, 1.54) is 193 Å². The zero-order valence-electron chi connectivity index (χ0n) is 61.3. The maximum absolute atomic E-state index is 13.1. The summed E-state index contributed by atoms with van der Waals surface area (Å²) in [5.74, 6) is -0.608. The molecule has 0 aliphatic rings. The topological polar surface area (TPSA) is 237 Å². The molecule has 0 heterocycles. The molecule has 6 atom stereocenters. The normalized spacial score (nSPS) is 14.3. The number of phosphoric acid groups is 2. The molecule has 0 saturated heterocycles. The van der Waals surface area contributed by atoms with Crippen LogP contribution >= 0.6 is 15.6 Å². The molecular formula is C75H146O17P2. The van der Waals surface area contributed by atoms with E-state index in [4.69, 9.17) is 37.0 Å². The van der Waals surface area contributed by atoms with E-state index in [1.54, 1.807) is 0 Å². The minimum atomic E-state index is -4.96. The number of aliphatic hydroxyl groups excluding tert-OH is 1. The van der Waals surface area contributed by atoms with Gasteiger partial charge in [-0.2, -0.15) is 0 Å². The Morgan fingerprint density at radius 2 is 0.543 bits per heavy atom. The quantitative estimate of drug-likeness (QED) is 0.0222. The first kappa shape index (κ1) is 92.1. The van der Waals surface area contributed by atoms with Crippen LogP contribution < -0.4 is 0 Å². The van der Waals surface area contributed by atoms with Gasteiger partial charge in [-0.25, -0.2) is 9.13 Å². The fraction of sp³-hybridized carbons (Fsp3) is 0.947. The standard InChI is InChI=1S/C75H146O17P2/c1-7-10-12-14-16-17-18-19-20-21-22-23-24-25-30-33-36-40-47-53-59-74(79)91-70(64-86-73(78)58-52-46-39-35-32-29-27-26-28-31-34-38-44-50-56-68(6)9-3)65-89-93(81,82)87-61-69(76)62-88-94(83,84)90-66-71(63-85-72(77)57-51-45-37-15-13-11-8-2)92-75(80)60-54-48-42-41-43-49-55-67(4)5/h67-71,76H,7-66H2,1-6H3,(H,81,82)(H,83,84)/t68?,69-,70-,71-/m1/s1. The van der Waals surface area contributed by atoms with E-state index in [9.17, 15) is 43.2 Å². The first-order chi connectivity index (χ1) is 45.4. The van der Waals surface area contributed by atoms with Crippen molar-refractivity contribution in [2.24, 2.45) is 11.8 Å². The van der Waals surface area contributed by atoms with E-state index in [-0.39, 0.29) is 25.7 Å². The number of hydrogen-bond acceptors (Lipinski definition) is 15. The summed E-state index contributed by atoms with van der Waals surface area (Å²) in [6, 6.07) is 0. The predicted octanol–water partition coefficient (Wildman–Crippen LogP) is 21.9. The molecule has 0 aliphatic carbocycles. The maximum atomic E-state index is 13.1. The second-order valence-electron chi connectivity index (χ2n) is 27.8. The lowest BCUT2D eigenvalue weighted by Crippen LogP contribution is -2.30. The third-order valence-electron chi connectivity index (χ3n) is 17.8. The Morgan fingerprint density at radius 1 is 0.309 bits per heavy atom. The van der Waals surface area contributed by atoms with Crippen molar-refractivity contribution in [2.45, 2.75) is 407 Å². The molecule has 0 aromatic heterocycles. The zero-order chi connectivity index (χ0) is 69.3. The molecule has 0 rings (SSSR count). The van der Waals surface area contributed by atoms with Gasteiger partial charge in [-0.3, -0.25) is 37.3 Å². The Kier molecular flexibility index (Phi) is 65.5. The first-order valence-corrected chi connectivity index (χ1v) is 42.0. The molecule has 94 heavy (non-hydrogen) atoms. The highest BCUT2D eigenvalue weighted by atomic mass is 31.2. The van der Waals surface area contributed by atoms with Crippen LogP contribution in [0.3, 0.4) is 0 Å². The molecular weight excluding hydrogens is 1230 g/mol. The van der Waals surface area contributed by atoms with Gasteiger partial charge < -0.3 is 33.8 Å². The highest BCUT2D eigenvalue weighted by Crippen LogP contribution is 2.45. The van der Waals surface area contributed by atoms with Gasteiger partial charge >= 0.3 is 39.5 Å². The van der Waals surface area contributed by atoms with E-state index in [1.807, 2.05) is 0 Å². The van der Waals surface area contributed by atoms with Crippen LogP contribution in [0.15, 0.2) is 0 Å². The smallest absolute Gasteiger partial charge is 0.462 e. The summed E-state index contributed by atoms with van der Waals surface area (Å²) in [5.41, 5.74) is 0. The lowest BCUT2D eigenvalue weighted by Gasteiger charge is -2.21. The van der Waals surface area contributed by atoms with Gasteiger partial charge in [-0.05, 0) is 37.5 Å². The predicted molar refractivity (Wildman–Crippen MR) is 381 cm³/mol. The highest BCUT2D eigenvalue weighted by molar-refractivity contribution is 7.47. The second kappa shape index (κ2) is 66.9. The van der Waals surface area contributed by atoms with Crippen LogP contribution in [0.1, 0.15) is 388 Å². The number of aliphatic hydroxyl groups is 1. The summed E-state index contributed by atoms with van der Waals surface area (Å²) >= 11 is 0. The van der Waals surface area contributed by atoms with Gasteiger partial charge in [0.05, 0.1) is 26.4 Å². The van der Waals surface area contributed by atoms with Crippen LogP contribution in [0.25, 0.3) is 0 Å². The van der Waals surface area contributed by atoms with E-state index < -0.39 is 97.5 Å². The van der Waals surface area contributed by atoms with Crippen LogP contribution in [0.5, 0.6) is 0 Å². The number of carbonyl (C=O) groups excluding carboxylic acids is 4. The lowest BCUT2D eigenvalue weighted by molar-refractivity contribution is -0.161. The molecule has 0 aromatic rings. The van der Waals surface area contributed by atoms with E-state index >= 15 is 0 Å². The number of phosphoric ester groups is 2. The Balaban J connectivity index is 5.15. The van der Waals surface area contributed by atoms with Crippen molar-refractivity contribution in [1.29, 1.82) is 0 Å². The van der Waals surface area contributed by atoms with Crippen molar-refractivity contribution in [2.75, 3.05) is 39.6 Å². The average Bonchev–Trinajstić information content (AvgIpc) is 1.85. The molecule has 17 nitrogen and oxygen atoms in total. The monoisotopic (exact) mass is 1380 g/mol. The Labute approximate surface area is 575 Å². The van der Waals surface area contributed by atoms with Gasteiger partial charge in [0, 0.05) is 25.7 Å². The van der Waals surface area contributed by atoms with Gasteiger partial charge in [-0.15, -0.1) is 0 Å². The molecule has 0 spiro atoms. The number of hydrogen-bond donors (Lipinski definition) is 3. The van der Waals surface area contributed by atoms with Crippen LogP contribution in [0.4, 0.5) is 0 Å². The molecule has 0 saturated carbocycles. The number of rotatable bonds is 74. The largest absolute Gasteiger partial charge is 0.472 e. The summed E-state index contributed by atoms with van der Waals surface area (Å²) in [5, 5.41) is 10.6. The third kappa shape index (κ3) is 67.3. The third-order valence-corrected chi connectivity index (χ3v) is 19.7. The molecule has 3 N–H and O–H groups in total. The summed E-state index contributed by atoms with van der Waals surface area (Å²) in [7, 11) is -9.90. The number of esters is 4. The van der Waals surface area contributed by atoms with Crippen LogP contribution in [0, 0.1) is 11.8 Å². The van der Waals surface area contributed by atoms with Crippen molar-refractivity contribution in [3.05, 3.63) is 0 Å². The van der Waals surface area contributed by atoms with Gasteiger partial charge in [0.15, 0.2) is 12.2 Å². The van der Waals surface area contributed by atoms with Crippen LogP contribution in [-0.4, -0.2) is 96.7 Å². The average molecular weight is 1380 g/mol. The summed E-state index contributed by atoms with van der Waals surface area (Å²) in [6.45, 7) is 9.50. The second-order valence-corrected chi connectivity index (χ2v) is 30.7. The fourth-order valence-corrected chi connectivity index (χ4v) is 13.0. The Hall–Kier alpha value is -1.94. The number of carbonyl (C=O) groups is 4.